The standard InChI is InChI=1S/C8H12N2O2/c1-3-7(10-2)8(11)12-6-4-5-9/h3,10H,4,6H2,1-2H3. The lowest BCUT2D eigenvalue weighted by molar-refractivity contribution is -0.139. The molecule has 4 heteroatoms. The van der Waals surface area contributed by atoms with Gasteiger partial charge in [-0.2, -0.15) is 5.26 Å². The van der Waals surface area contributed by atoms with Gasteiger partial charge in [-0.25, -0.2) is 4.79 Å². The Labute approximate surface area is 71.8 Å². The van der Waals surface area contributed by atoms with Crippen LogP contribution in [0.2, 0.25) is 0 Å². The first-order chi connectivity index (χ1) is 5.76. The molecule has 0 amide bonds. The summed E-state index contributed by atoms with van der Waals surface area (Å²) in [6.45, 7) is 1.88. The molecule has 0 aromatic rings. The highest BCUT2D eigenvalue weighted by Crippen LogP contribution is 1.93. The molecule has 0 aliphatic carbocycles. The molecule has 0 atom stereocenters. The maximum absolute atomic E-state index is 11.0. The fourth-order valence-corrected chi connectivity index (χ4v) is 0.631. The zero-order valence-electron chi connectivity index (χ0n) is 7.26. The van der Waals surface area contributed by atoms with Crippen LogP contribution in [0.15, 0.2) is 11.8 Å². The highest BCUT2D eigenvalue weighted by atomic mass is 16.5. The average Bonchev–Trinajstić information content (AvgIpc) is 2.07. The van der Waals surface area contributed by atoms with Gasteiger partial charge in [0.25, 0.3) is 0 Å². The van der Waals surface area contributed by atoms with E-state index in [2.05, 4.69) is 5.32 Å². The summed E-state index contributed by atoms with van der Waals surface area (Å²) in [7, 11) is 1.64. The minimum Gasteiger partial charge on any atom is -0.460 e. The summed E-state index contributed by atoms with van der Waals surface area (Å²) in [5, 5.41) is 10.8. The maximum atomic E-state index is 11.0. The lowest BCUT2D eigenvalue weighted by atomic mass is 10.4. The SMILES string of the molecule is CC=C(NC)C(=O)OCCC#N. The first kappa shape index (κ1) is 10.5. The Morgan fingerprint density at radius 2 is 2.42 bits per heavy atom. The minimum absolute atomic E-state index is 0.147. The van der Waals surface area contributed by atoms with E-state index in [0.29, 0.717) is 5.70 Å². The smallest absolute Gasteiger partial charge is 0.354 e. The minimum atomic E-state index is -0.421. The van der Waals surface area contributed by atoms with Gasteiger partial charge in [0.1, 0.15) is 12.3 Å². The first-order valence-corrected chi connectivity index (χ1v) is 3.64. The molecule has 0 bridgehead atoms. The van der Waals surface area contributed by atoms with Crippen LogP contribution in [0.4, 0.5) is 0 Å². The molecule has 0 aliphatic heterocycles. The highest BCUT2D eigenvalue weighted by molar-refractivity contribution is 5.87. The number of ether oxygens (including phenoxy) is 1. The molecule has 66 valence electrons. The van der Waals surface area contributed by atoms with Crippen LogP contribution in [0.5, 0.6) is 0 Å². The molecule has 0 aliphatic rings. The molecular weight excluding hydrogens is 156 g/mol. The van der Waals surface area contributed by atoms with Crippen LogP contribution in [-0.2, 0) is 9.53 Å². The van der Waals surface area contributed by atoms with Gasteiger partial charge in [-0.15, -0.1) is 0 Å². The Balaban J connectivity index is 3.80. The van der Waals surface area contributed by atoms with Crippen LogP contribution >= 0.6 is 0 Å². The number of allylic oxidation sites excluding steroid dienone is 1. The van der Waals surface area contributed by atoms with Crippen LogP contribution in [-0.4, -0.2) is 19.6 Å². The van der Waals surface area contributed by atoms with Crippen molar-refractivity contribution in [1.29, 1.82) is 5.26 Å². The molecule has 0 aromatic carbocycles. The van der Waals surface area contributed by atoms with Gasteiger partial charge in [0.05, 0.1) is 12.5 Å². The Morgan fingerprint density at radius 3 is 2.83 bits per heavy atom. The lowest BCUT2D eigenvalue weighted by Crippen LogP contribution is -2.18. The zero-order valence-corrected chi connectivity index (χ0v) is 7.26. The normalized spacial score (nSPS) is 10.2. The number of hydrogen-bond donors (Lipinski definition) is 1. The third-order valence-electron chi connectivity index (χ3n) is 1.22. The second-order valence-electron chi connectivity index (χ2n) is 2.00. The fourth-order valence-electron chi connectivity index (χ4n) is 0.631. The predicted molar refractivity (Wildman–Crippen MR) is 44.0 cm³/mol. The Bertz CT molecular complexity index is 216. The molecule has 1 N–H and O–H groups in total. The van der Waals surface area contributed by atoms with E-state index in [4.69, 9.17) is 10.00 Å². The van der Waals surface area contributed by atoms with E-state index in [1.165, 1.54) is 0 Å². The highest BCUT2D eigenvalue weighted by Gasteiger charge is 2.06. The van der Waals surface area contributed by atoms with Gasteiger partial charge in [-0.05, 0) is 6.92 Å². The molecule has 0 heterocycles. The summed E-state index contributed by atoms with van der Waals surface area (Å²) in [6, 6.07) is 1.88. The molecule has 0 spiro atoms. The largest absolute Gasteiger partial charge is 0.460 e. The number of hydrogen-bond acceptors (Lipinski definition) is 4. The summed E-state index contributed by atoms with van der Waals surface area (Å²) in [5.74, 6) is -0.421. The predicted octanol–water partition coefficient (Wildman–Crippen LogP) is 0.566. The third-order valence-corrected chi connectivity index (χ3v) is 1.22. The van der Waals surface area contributed by atoms with Crippen molar-refractivity contribution in [2.75, 3.05) is 13.7 Å². The van der Waals surface area contributed by atoms with Crippen LogP contribution in [0, 0.1) is 11.3 Å². The summed E-state index contributed by atoms with van der Waals surface area (Å²) < 4.78 is 4.73. The second-order valence-corrected chi connectivity index (χ2v) is 2.00. The number of nitriles is 1. The molecule has 0 fully saturated rings. The summed E-state index contributed by atoms with van der Waals surface area (Å²) in [6.07, 6.45) is 1.85. The van der Waals surface area contributed by atoms with Crippen LogP contribution in [0.1, 0.15) is 13.3 Å². The van der Waals surface area contributed by atoms with Gasteiger partial charge in [-0.3, -0.25) is 0 Å². The van der Waals surface area contributed by atoms with Crippen molar-refractivity contribution in [1.82, 2.24) is 5.32 Å². The van der Waals surface area contributed by atoms with E-state index in [0.717, 1.165) is 0 Å². The summed E-state index contributed by atoms with van der Waals surface area (Å²) >= 11 is 0. The van der Waals surface area contributed by atoms with Crippen molar-refractivity contribution < 1.29 is 9.53 Å². The zero-order chi connectivity index (χ0) is 9.40. The fraction of sp³-hybridized carbons (Fsp3) is 0.500. The summed E-state index contributed by atoms with van der Waals surface area (Å²) in [5.41, 5.74) is 0.410. The Morgan fingerprint density at radius 1 is 1.75 bits per heavy atom. The number of nitrogens with one attached hydrogen (secondary N) is 1. The Hall–Kier alpha value is -1.50. The van der Waals surface area contributed by atoms with Crippen molar-refractivity contribution in [2.45, 2.75) is 13.3 Å². The van der Waals surface area contributed by atoms with Crippen molar-refractivity contribution >= 4 is 5.97 Å². The van der Waals surface area contributed by atoms with Crippen molar-refractivity contribution in [3.8, 4) is 6.07 Å². The molecule has 0 rings (SSSR count). The van der Waals surface area contributed by atoms with Crippen LogP contribution in [0.25, 0.3) is 0 Å². The van der Waals surface area contributed by atoms with Crippen molar-refractivity contribution in [3.63, 3.8) is 0 Å². The van der Waals surface area contributed by atoms with Gasteiger partial charge in [0.2, 0.25) is 0 Å². The van der Waals surface area contributed by atoms with E-state index in [1.807, 2.05) is 6.07 Å². The average molecular weight is 168 g/mol. The van der Waals surface area contributed by atoms with E-state index >= 15 is 0 Å². The second kappa shape index (κ2) is 6.23. The first-order valence-electron chi connectivity index (χ1n) is 3.64. The molecule has 0 radical (unpaired) electrons. The number of rotatable bonds is 4. The van der Waals surface area contributed by atoms with E-state index < -0.39 is 5.97 Å². The molecule has 0 unspecified atom stereocenters. The maximum Gasteiger partial charge on any atom is 0.354 e. The number of carbonyl (C=O) groups excluding carboxylic acids is 1. The van der Waals surface area contributed by atoms with Gasteiger partial charge >= 0.3 is 5.97 Å². The van der Waals surface area contributed by atoms with Crippen molar-refractivity contribution in [3.05, 3.63) is 11.8 Å². The van der Waals surface area contributed by atoms with E-state index in [1.54, 1.807) is 20.0 Å². The van der Waals surface area contributed by atoms with Gasteiger partial charge in [-0.1, -0.05) is 6.08 Å². The molecule has 0 saturated heterocycles. The quantitative estimate of drug-likeness (QED) is 0.378. The van der Waals surface area contributed by atoms with Gasteiger partial charge < -0.3 is 10.1 Å². The number of esters is 1. The molecule has 0 aromatic heterocycles. The molecule has 12 heavy (non-hydrogen) atoms. The van der Waals surface area contributed by atoms with Gasteiger partial charge in [0, 0.05) is 7.05 Å². The molecule has 0 saturated carbocycles. The van der Waals surface area contributed by atoms with Crippen molar-refractivity contribution in [2.24, 2.45) is 0 Å². The Kier molecular flexibility index (Phi) is 5.45. The topological polar surface area (TPSA) is 62.1 Å². The lowest BCUT2D eigenvalue weighted by Gasteiger charge is -2.04. The number of nitrogens with zero attached hydrogens (tertiary/aromatic N) is 1. The summed E-state index contributed by atoms with van der Waals surface area (Å²) in [4.78, 5) is 11.0. The number of likely N-dealkylation sites (N-methyl/N-ethyl adjacent to an activating group) is 1. The molecule has 4 nitrogen and oxygen atoms in total. The third kappa shape index (κ3) is 3.62. The van der Waals surface area contributed by atoms with Gasteiger partial charge in [0.15, 0.2) is 0 Å². The van der Waals surface area contributed by atoms with E-state index in [9.17, 15) is 4.79 Å². The van der Waals surface area contributed by atoms with Crippen LogP contribution < -0.4 is 5.32 Å². The molecular formula is C8H12N2O2. The monoisotopic (exact) mass is 168 g/mol. The number of carbonyl (C=O) groups is 1. The van der Waals surface area contributed by atoms with Crippen LogP contribution in [0.3, 0.4) is 0 Å². The van der Waals surface area contributed by atoms with E-state index in [-0.39, 0.29) is 13.0 Å².